The molecule has 6 rings (SSSR count). The molecule has 2 fully saturated rings. The van der Waals surface area contributed by atoms with Gasteiger partial charge in [0.05, 0.1) is 0 Å². The second-order valence-corrected chi connectivity index (χ2v) is 11.2. The van der Waals surface area contributed by atoms with Crippen molar-refractivity contribution in [3.05, 3.63) is 76.6 Å². The van der Waals surface area contributed by atoms with E-state index in [0.717, 1.165) is 38.0 Å². The highest BCUT2D eigenvalue weighted by Gasteiger charge is 2.40. The fourth-order valence-electron chi connectivity index (χ4n) is 6.24. The molecular weight excluding hydrogens is 495 g/mol. The van der Waals surface area contributed by atoms with Crippen molar-refractivity contribution >= 4 is 34.2 Å². The van der Waals surface area contributed by atoms with E-state index >= 15 is 4.39 Å². The van der Waals surface area contributed by atoms with Gasteiger partial charge in [-0.3, -0.25) is 24.6 Å². The minimum Gasteiger partial charge on any atom is -0.378 e. The number of hydrogen-bond acceptors (Lipinski definition) is 5. The lowest BCUT2D eigenvalue weighted by atomic mass is 9.87. The van der Waals surface area contributed by atoms with Gasteiger partial charge in [0.25, 0.3) is 5.91 Å². The van der Waals surface area contributed by atoms with Crippen molar-refractivity contribution in [1.29, 1.82) is 0 Å². The Balaban J connectivity index is 1.11. The topological polar surface area (TPSA) is 73.0 Å². The van der Waals surface area contributed by atoms with Crippen LogP contribution in [0.3, 0.4) is 0 Å². The summed E-state index contributed by atoms with van der Waals surface area (Å²) in [4.78, 5) is 42.8. The van der Waals surface area contributed by atoms with Gasteiger partial charge in [0, 0.05) is 44.9 Å². The Labute approximate surface area is 227 Å². The van der Waals surface area contributed by atoms with Gasteiger partial charge in [0.2, 0.25) is 11.8 Å². The van der Waals surface area contributed by atoms with Gasteiger partial charge in [-0.2, -0.15) is 0 Å². The van der Waals surface area contributed by atoms with E-state index in [1.165, 1.54) is 33.0 Å². The van der Waals surface area contributed by atoms with Crippen molar-refractivity contribution in [2.45, 2.75) is 50.7 Å². The van der Waals surface area contributed by atoms with Crippen LogP contribution in [0.5, 0.6) is 0 Å². The molecule has 0 saturated carbocycles. The maximum Gasteiger partial charge on any atom is 0.255 e. The van der Waals surface area contributed by atoms with E-state index in [2.05, 4.69) is 51.5 Å². The third-order valence-corrected chi connectivity index (χ3v) is 8.48. The summed E-state index contributed by atoms with van der Waals surface area (Å²) in [5.74, 6) is -1.37. The molecule has 0 radical (unpaired) electrons. The van der Waals surface area contributed by atoms with Gasteiger partial charge in [0.15, 0.2) is 0 Å². The van der Waals surface area contributed by atoms with Crippen LogP contribution in [0.1, 0.15) is 58.6 Å². The standard InChI is InChI=1S/C31H33FN4O3/c1-34(2)24-6-5-21-13-19(3-4-22(21)14-24)17-35-11-9-20(10-12-35)25-15-23-18-36(31(39)26(23)16-27(25)32)28-7-8-29(37)33-30(28)38/h3-6,13-16,20,28H,7-12,17-18H2,1-2H3,(H,33,37,38). The van der Waals surface area contributed by atoms with Crippen molar-refractivity contribution in [3.8, 4) is 0 Å². The highest BCUT2D eigenvalue weighted by atomic mass is 19.1. The quantitative estimate of drug-likeness (QED) is 0.503. The second-order valence-electron chi connectivity index (χ2n) is 11.2. The number of anilines is 1. The second kappa shape index (κ2) is 10.1. The first kappa shape index (κ1) is 25.5. The summed E-state index contributed by atoms with van der Waals surface area (Å²) in [5, 5.41) is 4.77. The van der Waals surface area contributed by atoms with Gasteiger partial charge >= 0.3 is 0 Å². The van der Waals surface area contributed by atoms with Crippen LogP contribution in [0.15, 0.2) is 48.5 Å². The van der Waals surface area contributed by atoms with Gasteiger partial charge in [-0.25, -0.2) is 4.39 Å². The van der Waals surface area contributed by atoms with Crippen LogP contribution in [-0.2, 0) is 22.7 Å². The largest absolute Gasteiger partial charge is 0.378 e. The molecule has 3 aliphatic rings. The number of carbonyl (C=O) groups is 3. The zero-order chi connectivity index (χ0) is 27.3. The Morgan fingerprint density at radius 2 is 1.69 bits per heavy atom. The van der Waals surface area contributed by atoms with Crippen LogP contribution in [0.2, 0.25) is 0 Å². The summed E-state index contributed by atoms with van der Waals surface area (Å²) in [7, 11) is 4.09. The number of fused-ring (bicyclic) bond motifs is 2. The summed E-state index contributed by atoms with van der Waals surface area (Å²) < 4.78 is 15.3. The average molecular weight is 529 g/mol. The van der Waals surface area contributed by atoms with Crippen LogP contribution < -0.4 is 10.2 Å². The lowest BCUT2D eigenvalue weighted by Crippen LogP contribution is -2.52. The third kappa shape index (κ3) is 4.89. The van der Waals surface area contributed by atoms with E-state index in [1.54, 1.807) is 0 Å². The SMILES string of the molecule is CN(C)c1ccc2cc(CN3CCC(c4cc5c(cc4F)C(=O)N(C4CCC(=O)NC4=O)C5)CC3)ccc2c1. The van der Waals surface area contributed by atoms with Crippen LogP contribution in [0.25, 0.3) is 10.8 Å². The minimum atomic E-state index is -0.692. The predicted octanol–water partition coefficient (Wildman–Crippen LogP) is 4.19. The number of piperidine rings is 2. The van der Waals surface area contributed by atoms with Crippen LogP contribution in [-0.4, -0.2) is 60.7 Å². The number of likely N-dealkylation sites (tertiary alicyclic amines) is 1. The average Bonchev–Trinajstić information content (AvgIpc) is 3.23. The number of halogens is 1. The summed E-state index contributed by atoms with van der Waals surface area (Å²) in [6.07, 6.45) is 2.19. The number of hydrogen-bond donors (Lipinski definition) is 1. The first-order valence-corrected chi connectivity index (χ1v) is 13.7. The number of nitrogens with zero attached hydrogens (tertiary/aromatic N) is 3. The van der Waals surface area contributed by atoms with E-state index in [4.69, 9.17) is 0 Å². The monoisotopic (exact) mass is 528 g/mol. The number of nitrogens with one attached hydrogen (secondary N) is 1. The van der Waals surface area contributed by atoms with E-state index in [9.17, 15) is 14.4 Å². The molecule has 2 saturated heterocycles. The molecule has 0 spiro atoms. The van der Waals surface area contributed by atoms with Gasteiger partial charge in [-0.1, -0.05) is 24.3 Å². The van der Waals surface area contributed by atoms with E-state index in [1.807, 2.05) is 20.2 Å². The third-order valence-electron chi connectivity index (χ3n) is 8.48. The van der Waals surface area contributed by atoms with Gasteiger partial charge in [0.1, 0.15) is 11.9 Å². The smallest absolute Gasteiger partial charge is 0.255 e. The number of amides is 3. The summed E-state index contributed by atoms with van der Waals surface area (Å²) >= 11 is 0. The van der Waals surface area contributed by atoms with Gasteiger partial charge in [-0.05, 0) is 90.0 Å². The fraction of sp³-hybridized carbons (Fsp3) is 0.387. The summed E-state index contributed by atoms with van der Waals surface area (Å²) in [6, 6.07) is 15.6. The normalized spacial score (nSPS) is 20.4. The first-order chi connectivity index (χ1) is 18.8. The number of rotatable bonds is 5. The van der Waals surface area contributed by atoms with E-state index in [-0.39, 0.29) is 36.5 Å². The minimum absolute atomic E-state index is 0.0901. The summed E-state index contributed by atoms with van der Waals surface area (Å²) in [6.45, 7) is 2.88. The highest BCUT2D eigenvalue weighted by Crippen LogP contribution is 2.36. The highest BCUT2D eigenvalue weighted by molar-refractivity contribution is 6.05. The van der Waals surface area contributed by atoms with E-state index < -0.39 is 11.9 Å². The summed E-state index contributed by atoms with van der Waals surface area (Å²) in [5.41, 5.74) is 4.21. The molecule has 0 aromatic heterocycles. The molecule has 202 valence electrons. The van der Waals surface area contributed by atoms with Crippen LogP contribution in [0, 0.1) is 5.82 Å². The Morgan fingerprint density at radius 1 is 0.949 bits per heavy atom. The molecule has 3 heterocycles. The maximum atomic E-state index is 15.3. The van der Waals surface area contributed by atoms with E-state index in [0.29, 0.717) is 17.5 Å². The first-order valence-electron chi connectivity index (χ1n) is 13.7. The zero-order valence-corrected chi connectivity index (χ0v) is 22.4. The van der Waals surface area contributed by atoms with Crippen molar-refractivity contribution in [3.63, 3.8) is 0 Å². The van der Waals surface area contributed by atoms with Crippen molar-refractivity contribution in [2.24, 2.45) is 0 Å². The molecule has 0 aliphatic carbocycles. The Hall–Kier alpha value is -3.78. The molecule has 3 aromatic carbocycles. The van der Waals surface area contributed by atoms with Gasteiger partial charge < -0.3 is 9.80 Å². The lowest BCUT2D eigenvalue weighted by molar-refractivity contribution is -0.136. The number of carbonyl (C=O) groups excluding carboxylic acids is 3. The number of imide groups is 1. The molecule has 1 atom stereocenters. The molecule has 3 aliphatic heterocycles. The van der Waals surface area contributed by atoms with Crippen molar-refractivity contribution in [2.75, 3.05) is 32.1 Å². The molecule has 8 heteroatoms. The molecule has 3 amide bonds. The molecule has 39 heavy (non-hydrogen) atoms. The molecular formula is C31H33FN4O3. The molecule has 1 unspecified atom stereocenters. The Bertz CT molecular complexity index is 1480. The Morgan fingerprint density at radius 3 is 2.44 bits per heavy atom. The molecule has 7 nitrogen and oxygen atoms in total. The number of benzene rings is 3. The molecule has 0 bridgehead atoms. The Kier molecular flexibility index (Phi) is 6.59. The fourth-order valence-corrected chi connectivity index (χ4v) is 6.24. The van der Waals surface area contributed by atoms with Crippen LogP contribution in [0.4, 0.5) is 10.1 Å². The molecule has 3 aromatic rings. The molecule has 1 N–H and O–H groups in total. The lowest BCUT2D eigenvalue weighted by Gasteiger charge is -2.32. The zero-order valence-electron chi connectivity index (χ0n) is 22.4. The maximum absolute atomic E-state index is 15.3. The van der Waals surface area contributed by atoms with Crippen molar-refractivity contribution < 1.29 is 18.8 Å². The van der Waals surface area contributed by atoms with Gasteiger partial charge in [-0.15, -0.1) is 0 Å². The van der Waals surface area contributed by atoms with Crippen molar-refractivity contribution in [1.82, 2.24) is 15.1 Å². The van der Waals surface area contributed by atoms with Crippen LogP contribution >= 0.6 is 0 Å². The predicted molar refractivity (Wildman–Crippen MR) is 148 cm³/mol.